The molecule has 5 aromatic rings. The molecule has 16 nitrogen and oxygen atoms in total. The molecule has 1 aliphatic carbocycles. The molecule has 0 radical (unpaired) electrons. The number of halogens is 1. The molecule has 2 amide bonds. The number of aromatic nitrogens is 5. The van der Waals surface area contributed by atoms with Crippen molar-refractivity contribution in [3.63, 3.8) is 0 Å². The van der Waals surface area contributed by atoms with E-state index in [1.54, 1.807) is 50.9 Å². The molecular weight excluding hydrogens is 834 g/mol. The standard InChI is InChI=1S/C44H52ClN9O7S/c1-26-20-32(10-11-34(26)47-43-46-23-29-21-33(45)42(57)53(40(29)49-43)30-6-4-5-7-30)62(59,60)52-18-16-27(17-19-52)24-50(2)31-9-14-38(61-25-31)28-8-12-35-37(22-28)51(3)44(58)54(35)36-13-15-39(55)48-41(36)56/h8,10-12,20-23,27,30-31,36,38H,4-7,9,13-19,24-25H2,1-3H3,(H,46,47,49)(H,48,55,56)/t31-,36?,38+/m1/s1. The van der Waals surface area contributed by atoms with Crippen molar-refractivity contribution in [1.82, 2.24) is 38.2 Å². The number of hydrogen-bond acceptors (Lipinski definition) is 11. The Morgan fingerprint density at radius 3 is 2.42 bits per heavy atom. The van der Waals surface area contributed by atoms with Crippen LogP contribution in [0.25, 0.3) is 22.1 Å². The van der Waals surface area contributed by atoms with Crippen LogP contribution in [0.3, 0.4) is 0 Å². The number of sulfonamides is 1. The summed E-state index contributed by atoms with van der Waals surface area (Å²) in [5.74, 6) is -0.124. The maximum atomic E-state index is 13.9. The van der Waals surface area contributed by atoms with Crippen molar-refractivity contribution in [2.24, 2.45) is 13.0 Å². The maximum absolute atomic E-state index is 13.9. The third-order valence-corrected chi connectivity index (χ3v) is 15.7. The number of anilines is 2. The minimum Gasteiger partial charge on any atom is -0.372 e. The van der Waals surface area contributed by atoms with Crippen LogP contribution in [0.1, 0.15) is 93.5 Å². The van der Waals surface area contributed by atoms with Gasteiger partial charge in [-0.2, -0.15) is 9.29 Å². The summed E-state index contributed by atoms with van der Waals surface area (Å²) in [6.45, 7) is 4.13. The number of benzene rings is 2. The highest BCUT2D eigenvalue weighted by Gasteiger charge is 2.34. The van der Waals surface area contributed by atoms with Crippen molar-refractivity contribution in [3.05, 3.63) is 85.6 Å². The number of aryl methyl sites for hydroxylation is 2. The van der Waals surface area contributed by atoms with Gasteiger partial charge in [-0.05, 0) is 112 Å². The molecule has 4 fully saturated rings. The SMILES string of the molecule is Cc1cc(S(=O)(=O)N2CCC(CN(C)[C@@H]3CC[C@@H](c4ccc5c(c4)n(C)c(=O)n5C4CCC(=O)NC4=O)OC3)CC2)ccc1Nc1ncc2cc(Cl)c(=O)n(C3CCCC3)c2n1. The molecule has 0 bridgehead atoms. The first-order chi connectivity index (χ1) is 29.8. The van der Waals surface area contributed by atoms with Crippen LogP contribution in [-0.4, -0.2) is 92.4 Å². The molecule has 328 valence electrons. The fraction of sp³-hybridized carbons (Fsp3) is 0.500. The Kier molecular flexibility index (Phi) is 11.6. The lowest BCUT2D eigenvalue weighted by Gasteiger charge is -2.38. The monoisotopic (exact) mass is 885 g/mol. The molecule has 2 aromatic carbocycles. The Labute approximate surface area is 364 Å². The summed E-state index contributed by atoms with van der Waals surface area (Å²) in [5.41, 5.74) is 3.71. The van der Waals surface area contributed by atoms with Crippen LogP contribution < -0.4 is 21.9 Å². The largest absolute Gasteiger partial charge is 0.372 e. The molecule has 2 N–H and O–H groups in total. The molecule has 3 saturated heterocycles. The van der Waals surface area contributed by atoms with E-state index in [-0.39, 0.29) is 58.1 Å². The van der Waals surface area contributed by atoms with Crippen LogP contribution in [0.4, 0.5) is 11.6 Å². The molecule has 3 aromatic heterocycles. The number of rotatable bonds is 10. The van der Waals surface area contributed by atoms with E-state index in [0.29, 0.717) is 59.3 Å². The average molecular weight is 886 g/mol. The number of piperidine rings is 2. The molecule has 1 saturated carbocycles. The predicted molar refractivity (Wildman–Crippen MR) is 235 cm³/mol. The Morgan fingerprint density at radius 1 is 0.935 bits per heavy atom. The minimum atomic E-state index is -3.72. The summed E-state index contributed by atoms with van der Waals surface area (Å²) >= 11 is 6.30. The van der Waals surface area contributed by atoms with E-state index < -0.39 is 22.0 Å². The number of imide groups is 1. The normalized spacial score (nSPS) is 22.2. The number of likely N-dealkylation sites (N-methyl/N-ethyl adjacent to an activating group) is 1. The van der Waals surface area contributed by atoms with Gasteiger partial charge in [0.1, 0.15) is 16.7 Å². The topological polar surface area (TPSA) is 183 Å². The van der Waals surface area contributed by atoms with Gasteiger partial charge in [-0.15, -0.1) is 0 Å². The number of amides is 2. The predicted octanol–water partition coefficient (Wildman–Crippen LogP) is 5.50. The zero-order chi connectivity index (χ0) is 43.4. The Balaban J connectivity index is 0.785. The van der Waals surface area contributed by atoms with Gasteiger partial charge in [-0.1, -0.05) is 30.5 Å². The van der Waals surface area contributed by atoms with Crippen LogP contribution in [0.2, 0.25) is 5.02 Å². The van der Waals surface area contributed by atoms with Crippen molar-refractivity contribution >= 4 is 67.1 Å². The van der Waals surface area contributed by atoms with Crippen molar-refractivity contribution in [1.29, 1.82) is 0 Å². The molecule has 4 aliphatic rings. The van der Waals surface area contributed by atoms with E-state index in [0.717, 1.165) is 69.0 Å². The molecule has 0 spiro atoms. The summed E-state index contributed by atoms with van der Waals surface area (Å²) < 4.78 is 40.5. The van der Waals surface area contributed by atoms with Gasteiger partial charge in [0.05, 0.1) is 28.6 Å². The molecule has 3 atom stereocenters. The van der Waals surface area contributed by atoms with Gasteiger partial charge in [-0.3, -0.25) is 33.4 Å². The Hall–Kier alpha value is -4.94. The summed E-state index contributed by atoms with van der Waals surface area (Å²) in [5, 5.41) is 6.42. The number of fused-ring (bicyclic) bond motifs is 2. The number of carbonyl (C=O) groups is 2. The van der Waals surface area contributed by atoms with Crippen LogP contribution in [0.15, 0.2) is 63.1 Å². The number of carbonyl (C=O) groups excluding carboxylic acids is 2. The third kappa shape index (κ3) is 7.97. The van der Waals surface area contributed by atoms with Crippen molar-refractivity contribution in [2.45, 2.75) is 100 Å². The first-order valence-electron chi connectivity index (χ1n) is 21.6. The van der Waals surface area contributed by atoms with E-state index in [1.165, 1.54) is 4.57 Å². The molecule has 18 heteroatoms. The average Bonchev–Trinajstić information content (AvgIpc) is 3.88. The van der Waals surface area contributed by atoms with Gasteiger partial charge in [0.2, 0.25) is 27.8 Å². The van der Waals surface area contributed by atoms with Gasteiger partial charge in [0.25, 0.3) is 5.56 Å². The van der Waals surface area contributed by atoms with Crippen molar-refractivity contribution in [2.75, 3.05) is 38.6 Å². The van der Waals surface area contributed by atoms with Crippen molar-refractivity contribution < 1.29 is 22.7 Å². The molecule has 6 heterocycles. The van der Waals surface area contributed by atoms with Crippen LogP contribution >= 0.6 is 11.6 Å². The van der Waals surface area contributed by atoms with E-state index in [9.17, 15) is 27.6 Å². The smallest absolute Gasteiger partial charge is 0.329 e. The number of pyridine rings is 1. The number of imidazole rings is 1. The van der Waals surface area contributed by atoms with Crippen LogP contribution in [0, 0.1) is 12.8 Å². The van der Waals surface area contributed by atoms with Gasteiger partial charge >= 0.3 is 5.69 Å². The maximum Gasteiger partial charge on any atom is 0.329 e. The second-order valence-corrected chi connectivity index (χ2v) is 19.8. The number of ether oxygens (including phenoxy) is 1. The molecule has 3 aliphatic heterocycles. The van der Waals surface area contributed by atoms with Crippen LogP contribution in [-0.2, 0) is 31.4 Å². The highest BCUT2D eigenvalue weighted by atomic mass is 35.5. The van der Waals surface area contributed by atoms with Gasteiger partial charge in [0, 0.05) is 62.5 Å². The second-order valence-electron chi connectivity index (χ2n) is 17.4. The first kappa shape index (κ1) is 42.4. The minimum absolute atomic E-state index is 0.0379. The fourth-order valence-corrected chi connectivity index (χ4v) is 11.7. The lowest BCUT2D eigenvalue weighted by Crippen LogP contribution is -2.45. The Morgan fingerprint density at radius 2 is 1.71 bits per heavy atom. The molecule has 62 heavy (non-hydrogen) atoms. The first-order valence-corrected chi connectivity index (χ1v) is 23.4. The number of nitrogens with one attached hydrogen (secondary N) is 2. The number of nitrogens with zero attached hydrogens (tertiary/aromatic N) is 7. The van der Waals surface area contributed by atoms with Gasteiger partial charge in [0.15, 0.2) is 0 Å². The highest BCUT2D eigenvalue weighted by Crippen LogP contribution is 2.35. The lowest BCUT2D eigenvalue weighted by atomic mass is 9.94. The number of hydrogen-bond donors (Lipinski definition) is 2. The fourth-order valence-electron chi connectivity index (χ4n) is 9.90. The highest BCUT2D eigenvalue weighted by molar-refractivity contribution is 7.89. The van der Waals surface area contributed by atoms with Gasteiger partial charge in [-0.25, -0.2) is 18.2 Å². The van der Waals surface area contributed by atoms with Gasteiger partial charge < -0.3 is 15.0 Å². The summed E-state index contributed by atoms with van der Waals surface area (Å²) in [7, 11) is 0.0869. The van der Waals surface area contributed by atoms with E-state index in [1.807, 2.05) is 25.1 Å². The summed E-state index contributed by atoms with van der Waals surface area (Å²) in [6.07, 6.45) is 9.12. The Bertz CT molecular complexity index is 2800. The quantitative estimate of drug-likeness (QED) is 0.169. The zero-order valence-corrected chi connectivity index (χ0v) is 36.8. The molecular formula is C44H52ClN9O7S. The summed E-state index contributed by atoms with van der Waals surface area (Å²) in [6, 6.07) is 12.0. The van der Waals surface area contributed by atoms with Crippen LogP contribution in [0.5, 0.6) is 0 Å². The second kappa shape index (κ2) is 17.0. The van der Waals surface area contributed by atoms with Crippen molar-refractivity contribution in [3.8, 4) is 0 Å². The van der Waals surface area contributed by atoms with E-state index in [4.69, 9.17) is 21.3 Å². The van der Waals surface area contributed by atoms with E-state index >= 15 is 0 Å². The third-order valence-electron chi connectivity index (χ3n) is 13.5. The molecule has 9 rings (SSSR count). The van der Waals surface area contributed by atoms with E-state index in [2.05, 4.69) is 27.6 Å². The summed E-state index contributed by atoms with van der Waals surface area (Å²) in [4.78, 5) is 62.4. The molecule has 1 unspecified atom stereocenters. The zero-order valence-electron chi connectivity index (χ0n) is 35.2. The lowest BCUT2D eigenvalue weighted by molar-refractivity contribution is -0.135.